The second-order valence-corrected chi connectivity index (χ2v) is 4.53. The Labute approximate surface area is 101 Å². The summed E-state index contributed by atoms with van der Waals surface area (Å²) < 4.78 is 4.50. The van der Waals surface area contributed by atoms with Crippen molar-refractivity contribution in [1.82, 2.24) is 0 Å². The van der Waals surface area contributed by atoms with Crippen LogP contribution in [0.25, 0.3) is 0 Å². The number of aryl methyl sites for hydroxylation is 2. The molecule has 3 heteroatoms. The van der Waals surface area contributed by atoms with Crippen molar-refractivity contribution >= 4 is 17.7 Å². The quantitative estimate of drug-likeness (QED) is 0.593. The number of thioether (sulfide) groups is 1. The van der Waals surface area contributed by atoms with Gasteiger partial charge in [-0.1, -0.05) is 29.3 Å². The minimum Gasteiger partial charge on any atom is -0.466 e. The number of esters is 1. The average molecular weight is 236 g/mol. The zero-order chi connectivity index (χ0) is 12.0. The molecule has 0 saturated heterocycles. The summed E-state index contributed by atoms with van der Waals surface area (Å²) in [6, 6.07) is 6.47. The van der Waals surface area contributed by atoms with E-state index in [1.807, 2.05) is 0 Å². The van der Waals surface area contributed by atoms with Gasteiger partial charge in [0.1, 0.15) is 0 Å². The molecule has 0 unspecified atom stereocenters. The van der Waals surface area contributed by atoms with Gasteiger partial charge in [0.15, 0.2) is 0 Å². The van der Waals surface area contributed by atoms with Crippen LogP contribution in [0.1, 0.15) is 16.7 Å². The van der Waals surface area contributed by atoms with Crippen LogP contribution in [0, 0.1) is 13.8 Å². The first kappa shape index (κ1) is 12.8. The van der Waals surface area contributed by atoms with E-state index in [2.05, 4.69) is 36.8 Å². The second-order valence-electron chi connectivity index (χ2n) is 3.63. The Morgan fingerprint density at radius 2 is 1.94 bits per heavy atom. The summed E-state index contributed by atoms with van der Waals surface area (Å²) in [5, 5.41) is 1.77. The Balaban J connectivity index is 2.49. The van der Waals surface area contributed by atoms with Gasteiger partial charge in [-0.3, -0.25) is 0 Å². The maximum absolute atomic E-state index is 10.8. The Kier molecular flexibility index (Phi) is 5.12. The molecule has 0 amide bonds. The standard InChI is InChI=1S/C13H16O2S/c1-10-6-11(2)8-12(7-10)9-16-5-4-13(14)15-3/h4-8H,9H2,1-3H3. The summed E-state index contributed by atoms with van der Waals surface area (Å²) in [6.45, 7) is 4.18. The molecule has 0 fully saturated rings. The molecule has 16 heavy (non-hydrogen) atoms. The third kappa shape index (κ3) is 4.53. The van der Waals surface area contributed by atoms with E-state index < -0.39 is 0 Å². The van der Waals surface area contributed by atoms with Gasteiger partial charge in [0.2, 0.25) is 0 Å². The van der Waals surface area contributed by atoms with E-state index in [4.69, 9.17) is 0 Å². The van der Waals surface area contributed by atoms with Crippen LogP contribution >= 0.6 is 11.8 Å². The maximum atomic E-state index is 10.8. The van der Waals surface area contributed by atoms with Crippen molar-refractivity contribution in [3.8, 4) is 0 Å². The van der Waals surface area contributed by atoms with Crippen LogP contribution in [0.4, 0.5) is 0 Å². The van der Waals surface area contributed by atoms with Gasteiger partial charge < -0.3 is 4.74 Å². The summed E-state index contributed by atoms with van der Waals surface area (Å²) in [6.07, 6.45) is 1.44. The van der Waals surface area contributed by atoms with Gasteiger partial charge in [0.25, 0.3) is 0 Å². The Hall–Kier alpha value is -1.22. The van der Waals surface area contributed by atoms with Gasteiger partial charge in [-0.05, 0) is 24.8 Å². The van der Waals surface area contributed by atoms with Crippen LogP contribution in [0.5, 0.6) is 0 Å². The first-order chi connectivity index (χ1) is 7.61. The van der Waals surface area contributed by atoms with Crippen LogP contribution in [0.3, 0.4) is 0 Å². The number of ether oxygens (including phenoxy) is 1. The van der Waals surface area contributed by atoms with Crippen molar-refractivity contribution in [2.24, 2.45) is 0 Å². The highest BCUT2D eigenvalue weighted by atomic mass is 32.2. The molecule has 0 N–H and O–H groups in total. The number of benzene rings is 1. The largest absolute Gasteiger partial charge is 0.466 e. The number of carbonyl (C=O) groups excluding carboxylic acids is 1. The van der Waals surface area contributed by atoms with Crippen LogP contribution in [-0.2, 0) is 15.3 Å². The molecule has 0 spiro atoms. The van der Waals surface area contributed by atoms with Crippen molar-refractivity contribution < 1.29 is 9.53 Å². The van der Waals surface area contributed by atoms with Gasteiger partial charge in [0, 0.05) is 11.8 Å². The lowest BCUT2D eigenvalue weighted by molar-refractivity contribution is -0.134. The smallest absolute Gasteiger partial charge is 0.330 e. The molecule has 1 aromatic rings. The number of carbonyl (C=O) groups is 1. The lowest BCUT2D eigenvalue weighted by Crippen LogP contribution is -1.92. The molecule has 0 bridgehead atoms. The molecule has 1 rings (SSSR count). The predicted octanol–water partition coefficient (Wildman–Crippen LogP) is 3.22. The number of hydrogen-bond donors (Lipinski definition) is 0. The average Bonchev–Trinajstić information content (AvgIpc) is 2.22. The first-order valence-corrected chi connectivity index (χ1v) is 6.10. The summed E-state index contributed by atoms with van der Waals surface area (Å²) in [5.74, 6) is 0.559. The van der Waals surface area contributed by atoms with Gasteiger partial charge in [-0.15, -0.1) is 11.8 Å². The topological polar surface area (TPSA) is 26.3 Å². The number of methoxy groups -OCH3 is 1. The summed E-state index contributed by atoms with van der Waals surface area (Å²) in [5.41, 5.74) is 3.82. The summed E-state index contributed by atoms with van der Waals surface area (Å²) in [7, 11) is 1.38. The molecular weight excluding hydrogens is 220 g/mol. The first-order valence-electron chi connectivity index (χ1n) is 5.05. The molecule has 0 aromatic heterocycles. The van der Waals surface area contributed by atoms with Gasteiger partial charge >= 0.3 is 5.97 Å². The Morgan fingerprint density at radius 1 is 1.31 bits per heavy atom. The van der Waals surface area contributed by atoms with Crippen molar-refractivity contribution in [3.63, 3.8) is 0 Å². The lowest BCUT2D eigenvalue weighted by Gasteiger charge is -2.02. The molecule has 0 aliphatic heterocycles. The Bertz CT molecular complexity index is 377. The molecule has 2 nitrogen and oxygen atoms in total. The number of rotatable bonds is 4. The third-order valence-electron chi connectivity index (χ3n) is 2.03. The monoisotopic (exact) mass is 236 g/mol. The fourth-order valence-electron chi connectivity index (χ4n) is 1.47. The van der Waals surface area contributed by atoms with Gasteiger partial charge in [-0.2, -0.15) is 0 Å². The molecule has 0 aliphatic carbocycles. The van der Waals surface area contributed by atoms with Crippen molar-refractivity contribution in [3.05, 3.63) is 46.4 Å². The summed E-state index contributed by atoms with van der Waals surface area (Å²) in [4.78, 5) is 10.8. The molecule has 86 valence electrons. The molecule has 0 heterocycles. The molecule has 1 aromatic carbocycles. The van der Waals surface area contributed by atoms with Gasteiger partial charge in [-0.25, -0.2) is 4.79 Å². The third-order valence-corrected chi connectivity index (χ3v) is 2.86. The molecule has 0 saturated carbocycles. The highest BCUT2D eigenvalue weighted by molar-refractivity contribution is 8.01. The molecular formula is C13H16O2S. The van der Waals surface area contributed by atoms with E-state index in [9.17, 15) is 4.79 Å². The maximum Gasteiger partial charge on any atom is 0.330 e. The molecule has 0 aliphatic rings. The van der Waals surface area contributed by atoms with E-state index in [0.717, 1.165) is 5.75 Å². The lowest BCUT2D eigenvalue weighted by atomic mass is 10.1. The fraction of sp³-hybridized carbons (Fsp3) is 0.308. The van der Waals surface area contributed by atoms with E-state index >= 15 is 0 Å². The van der Waals surface area contributed by atoms with Crippen LogP contribution in [-0.4, -0.2) is 13.1 Å². The minimum absolute atomic E-state index is 0.312. The zero-order valence-electron chi connectivity index (χ0n) is 9.82. The van der Waals surface area contributed by atoms with E-state index in [0.29, 0.717) is 0 Å². The number of hydrogen-bond acceptors (Lipinski definition) is 3. The fourth-order valence-corrected chi connectivity index (χ4v) is 2.13. The minimum atomic E-state index is -0.312. The SMILES string of the molecule is COC(=O)C=CSCc1cc(C)cc(C)c1. The predicted molar refractivity (Wildman–Crippen MR) is 68.4 cm³/mol. The van der Waals surface area contributed by atoms with E-state index in [1.165, 1.54) is 29.9 Å². The van der Waals surface area contributed by atoms with Crippen LogP contribution < -0.4 is 0 Å². The van der Waals surface area contributed by atoms with Crippen molar-refractivity contribution in [1.29, 1.82) is 0 Å². The normalized spacial score (nSPS) is 10.7. The highest BCUT2D eigenvalue weighted by Gasteiger charge is 1.96. The van der Waals surface area contributed by atoms with Gasteiger partial charge in [0.05, 0.1) is 7.11 Å². The molecule has 0 atom stereocenters. The molecule has 0 radical (unpaired) electrons. The van der Waals surface area contributed by atoms with Crippen LogP contribution in [0.2, 0.25) is 0 Å². The Morgan fingerprint density at radius 3 is 2.50 bits per heavy atom. The van der Waals surface area contributed by atoms with Crippen LogP contribution in [0.15, 0.2) is 29.7 Å². The van der Waals surface area contributed by atoms with E-state index in [-0.39, 0.29) is 5.97 Å². The highest BCUT2D eigenvalue weighted by Crippen LogP contribution is 2.16. The van der Waals surface area contributed by atoms with Crippen molar-refractivity contribution in [2.45, 2.75) is 19.6 Å². The van der Waals surface area contributed by atoms with Crippen molar-refractivity contribution in [2.75, 3.05) is 7.11 Å². The zero-order valence-corrected chi connectivity index (χ0v) is 10.6. The van der Waals surface area contributed by atoms with E-state index in [1.54, 1.807) is 17.2 Å². The second kappa shape index (κ2) is 6.38. The summed E-state index contributed by atoms with van der Waals surface area (Å²) >= 11 is 1.59.